The van der Waals surface area contributed by atoms with Gasteiger partial charge in [-0.15, -0.1) is 10.2 Å². The van der Waals surface area contributed by atoms with Crippen LogP contribution in [0.15, 0.2) is 94.0 Å². The Hall–Kier alpha value is -4.32. The number of sulfonamides is 1. The highest BCUT2D eigenvalue weighted by molar-refractivity contribution is 7.89. The molecule has 0 saturated heterocycles. The molecule has 4 N–H and O–H groups in total. The zero-order valence-corrected chi connectivity index (χ0v) is 19.9. The van der Waals surface area contributed by atoms with Crippen LogP contribution in [-0.2, 0) is 10.0 Å². The van der Waals surface area contributed by atoms with Crippen LogP contribution in [0, 0.1) is 0 Å². The number of halogens is 1. The molecule has 0 atom stereocenters. The van der Waals surface area contributed by atoms with Crippen molar-refractivity contribution in [2.75, 3.05) is 0 Å². The van der Waals surface area contributed by atoms with Gasteiger partial charge in [-0.3, -0.25) is 4.79 Å². The van der Waals surface area contributed by atoms with Gasteiger partial charge in [0.1, 0.15) is 0 Å². The standard InChI is InChI=1S/C24H17ClN6O4S/c25-15-6-11-19-18(12-15)22(24(33)27-19)28-29-23(32)20-13-21(14-4-2-1-3-5-14)31(30-20)16-7-9-17(10-8-16)36(26,34)35/h1-13,27,33H,(H2,26,34,35). The van der Waals surface area contributed by atoms with Gasteiger partial charge in [-0.25, -0.2) is 18.2 Å². The van der Waals surface area contributed by atoms with Crippen LogP contribution in [0.4, 0.5) is 5.69 Å². The molecule has 12 heteroatoms. The van der Waals surface area contributed by atoms with Crippen molar-refractivity contribution in [2.24, 2.45) is 15.4 Å². The van der Waals surface area contributed by atoms with Crippen LogP contribution in [-0.4, -0.2) is 34.2 Å². The number of hydrogen-bond acceptors (Lipinski definition) is 6. The summed E-state index contributed by atoms with van der Waals surface area (Å²) in [7, 11) is -3.87. The van der Waals surface area contributed by atoms with E-state index in [1.165, 1.54) is 28.9 Å². The van der Waals surface area contributed by atoms with E-state index < -0.39 is 15.9 Å². The van der Waals surface area contributed by atoms with Gasteiger partial charge in [0.2, 0.25) is 15.9 Å². The largest absolute Gasteiger partial charge is 0.493 e. The van der Waals surface area contributed by atoms with E-state index >= 15 is 0 Å². The molecule has 36 heavy (non-hydrogen) atoms. The molecule has 0 saturated carbocycles. The van der Waals surface area contributed by atoms with E-state index in [0.717, 1.165) is 5.56 Å². The summed E-state index contributed by atoms with van der Waals surface area (Å²) in [6.07, 6.45) is 0. The van der Waals surface area contributed by atoms with Crippen molar-refractivity contribution in [1.82, 2.24) is 14.8 Å². The molecule has 0 fully saturated rings. The van der Waals surface area contributed by atoms with E-state index in [4.69, 9.17) is 16.7 Å². The molecule has 2 aromatic heterocycles. The Bertz CT molecular complexity index is 1740. The number of rotatable bonds is 5. The molecule has 5 rings (SSSR count). The van der Waals surface area contributed by atoms with Gasteiger partial charge in [-0.2, -0.15) is 5.10 Å². The van der Waals surface area contributed by atoms with E-state index in [2.05, 4.69) is 20.3 Å². The lowest BCUT2D eigenvalue weighted by Gasteiger charge is -2.08. The van der Waals surface area contributed by atoms with Gasteiger partial charge in [0.05, 0.1) is 21.8 Å². The molecule has 2 heterocycles. The molecule has 0 bridgehead atoms. The highest BCUT2D eigenvalue weighted by atomic mass is 35.5. The van der Waals surface area contributed by atoms with E-state index in [1.807, 2.05) is 30.3 Å². The van der Waals surface area contributed by atoms with Gasteiger partial charge in [-0.05, 0) is 48.5 Å². The third kappa shape index (κ3) is 4.50. The third-order valence-corrected chi connectivity index (χ3v) is 6.53. The number of aromatic amines is 1. The van der Waals surface area contributed by atoms with Crippen molar-refractivity contribution in [3.8, 4) is 22.8 Å². The number of nitrogens with two attached hydrogens (primary N) is 1. The van der Waals surface area contributed by atoms with Crippen molar-refractivity contribution < 1.29 is 18.3 Å². The van der Waals surface area contributed by atoms with Gasteiger partial charge >= 0.3 is 5.91 Å². The highest BCUT2D eigenvalue weighted by Crippen LogP contribution is 2.37. The predicted octanol–water partition coefficient (Wildman–Crippen LogP) is 4.95. The maximum atomic E-state index is 12.9. The van der Waals surface area contributed by atoms with Crippen LogP contribution in [0.2, 0.25) is 5.02 Å². The predicted molar refractivity (Wildman–Crippen MR) is 134 cm³/mol. The first-order chi connectivity index (χ1) is 17.2. The molecule has 0 radical (unpaired) electrons. The minimum atomic E-state index is -3.87. The molecule has 180 valence electrons. The molecule has 10 nitrogen and oxygen atoms in total. The molecule has 0 unspecified atom stereocenters. The Labute approximate surface area is 209 Å². The number of nitrogens with one attached hydrogen (secondary N) is 1. The number of carbonyl (C=O) groups excluding carboxylic acids is 1. The highest BCUT2D eigenvalue weighted by Gasteiger charge is 2.18. The maximum Gasteiger partial charge on any atom is 0.315 e. The summed E-state index contributed by atoms with van der Waals surface area (Å²) < 4.78 is 24.7. The lowest BCUT2D eigenvalue weighted by atomic mass is 10.1. The number of aromatic nitrogens is 3. The van der Waals surface area contributed by atoms with Crippen LogP contribution in [0.5, 0.6) is 5.88 Å². The first kappa shape index (κ1) is 23.4. The van der Waals surface area contributed by atoms with E-state index in [9.17, 15) is 18.3 Å². The average Bonchev–Trinajstić information content (AvgIpc) is 3.44. The fourth-order valence-corrected chi connectivity index (χ4v) is 4.35. The van der Waals surface area contributed by atoms with E-state index in [-0.39, 0.29) is 22.2 Å². The van der Waals surface area contributed by atoms with E-state index in [0.29, 0.717) is 27.3 Å². The van der Waals surface area contributed by atoms with Crippen molar-refractivity contribution in [1.29, 1.82) is 0 Å². The number of H-pyrrole nitrogens is 1. The summed E-state index contributed by atoms with van der Waals surface area (Å²) in [6, 6.07) is 21.5. The lowest BCUT2D eigenvalue weighted by Crippen LogP contribution is -2.12. The Morgan fingerprint density at radius 1 is 1.03 bits per heavy atom. The van der Waals surface area contributed by atoms with Gasteiger partial charge in [0, 0.05) is 16.0 Å². The second kappa shape index (κ2) is 9.04. The smallest absolute Gasteiger partial charge is 0.315 e. The Morgan fingerprint density at radius 2 is 1.75 bits per heavy atom. The normalized spacial score (nSPS) is 11.9. The Kier molecular flexibility index (Phi) is 5.88. The number of azo groups is 1. The van der Waals surface area contributed by atoms with Crippen molar-refractivity contribution in [3.05, 3.63) is 89.6 Å². The Balaban J connectivity index is 1.55. The van der Waals surface area contributed by atoms with Crippen molar-refractivity contribution in [2.45, 2.75) is 4.90 Å². The molecular formula is C24H17ClN6O4S. The summed E-state index contributed by atoms with van der Waals surface area (Å²) >= 11 is 6.04. The molecular weight excluding hydrogens is 504 g/mol. The quantitative estimate of drug-likeness (QED) is 0.279. The monoisotopic (exact) mass is 520 g/mol. The number of aromatic hydroxyl groups is 1. The van der Waals surface area contributed by atoms with Gasteiger partial charge in [0.25, 0.3) is 0 Å². The van der Waals surface area contributed by atoms with Gasteiger partial charge < -0.3 is 10.1 Å². The zero-order chi connectivity index (χ0) is 25.4. The summed E-state index contributed by atoms with van der Waals surface area (Å²) in [4.78, 5) is 15.6. The lowest BCUT2D eigenvalue weighted by molar-refractivity contribution is 0.0990. The second-order valence-corrected chi connectivity index (χ2v) is 9.75. The summed E-state index contributed by atoms with van der Waals surface area (Å²) in [5.41, 5.74) is 2.48. The first-order valence-electron chi connectivity index (χ1n) is 10.5. The average molecular weight is 521 g/mol. The molecule has 5 aromatic rings. The van der Waals surface area contributed by atoms with Crippen LogP contribution < -0.4 is 5.14 Å². The number of amides is 1. The number of primary sulfonamides is 1. The summed E-state index contributed by atoms with van der Waals surface area (Å²) in [5, 5.41) is 28.4. The van der Waals surface area contributed by atoms with Gasteiger partial charge in [-0.1, -0.05) is 41.9 Å². The molecule has 0 aliphatic heterocycles. The number of fused-ring (bicyclic) bond motifs is 1. The number of carbonyl (C=O) groups is 1. The van der Waals surface area contributed by atoms with Crippen molar-refractivity contribution >= 4 is 44.1 Å². The summed E-state index contributed by atoms with van der Waals surface area (Å²) in [6.45, 7) is 0. The fraction of sp³-hybridized carbons (Fsp3) is 0. The van der Waals surface area contributed by atoms with E-state index in [1.54, 1.807) is 24.3 Å². The third-order valence-electron chi connectivity index (χ3n) is 5.36. The molecule has 1 amide bonds. The SMILES string of the molecule is NS(=O)(=O)c1ccc(-n2nc(C(=O)N=Nc3c(O)[nH]c4ccc(Cl)cc34)cc2-c2ccccc2)cc1. The minimum absolute atomic E-state index is 0.00881. The van der Waals surface area contributed by atoms with Crippen LogP contribution in [0.1, 0.15) is 10.5 Å². The molecule has 0 aliphatic rings. The Morgan fingerprint density at radius 3 is 2.44 bits per heavy atom. The molecule has 3 aromatic carbocycles. The minimum Gasteiger partial charge on any atom is -0.493 e. The second-order valence-electron chi connectivity index (χ2n) is 7.75. The van der Waals surface area contributed by atoms with Crippen LogP contribution in [0.25, 0.3) is 27.8 Å². The van der Waals surface area contributed by atoms with Crippen LogP contribution >= 0.6 is 11.6 Å². The summed E-state index contributed by atoms with van der Waals surface area (Å²) in [5.74, 6) is -1.00. The van der Waals surface area contributed by atoms with Crippen molar-refractivity contribution in [3.63, 3.8) is 0 Å². The molecule has 0 spiro atoms. The fourth-order valence-electron chi connectivity index (χ4n) is 3.66. The zero-order valence-electron chi connectivity index (χ0n) is 18.3. The first-order valence-corrected chi connectivity index (χ1v) is 12.4. The van der Waals surface area contributed by atoms with Gasteiger partial charge in [0.15, 0.2) is 11.4 Å². The molecule has 0 aliphatic carbocycles. The van der Waals surface area contributed by atoms with Crippen LogP contribution in [0.3, 0.4) is 0 Å². The maximum absolute atomic E-state index is 12.9. The topological polar surface area (TPSA) is 156 Å². The number of nitrogens with zero attached hydrogens (tertiary/aromatic N) is 4. The number of benzene rings is 3. The number of hydrogen-bond donors (Lipinski definition) is 3.